The van der Waals surface area contributed by atoms with Gasteiger partial charge in [-0.1, -0.05) is 0 Å². The van der Waals surface area contributed by atoms with Gasteiger partial charge in [0, 0.05) is 41.4 Å². The van der Waals surface area contributed by atoms with Gasteiger partial charge in [0.2, 0.25) is 0 Å². The van der Waals surface area contributed by atoms with Gasteiger partial charge in [-0.15, -0.1) is 0 Å². The zero-order valence-electron chi connectivity index (χ0n) is 22.2. The van der Waals surface area contributed by atoms with E-state index >= 15 is 0 Å². The summed E-state index contributed by atoms with van der Waals surface area (Å²) in [7, 11) is 4.31. The summed E-state index contributed by atoms with van der Waals surface area (Å²) in [5.74, 6) is -1.00. The Kier molecular flexibility index (Phi) is 7.83. The number of carbonyl (C=O) groups excluding carboxylic acids is 1. The lowest BCUT2D eigenvalue weighted by atomic mass is 9.68. The number of hydrogen-bond acceptors (Lipinski definition) is 5. The third-order valence-corrected chi connectivity index (χ3v) is 8.67. The summed E-state index contributed by atoms with van der Waals surface area (Å²) in [6.07, 6.45) is 4.50. The molecule has 1 atom stereocenters. The predicted octanol–water partition coefficient (Wildman–Crippen LogP) is 4.95. The molecule has 0 aromatic heterocycles. The van der Waals surface area contributed by atoms with Crippen LogP contribution in [-0.2, 0) is 14.3 Å². The van der Waals surface area contributed by atoms with Crippen LogP contribution in [0, 0.1) is 11.8 Å². The molecule has 2 saturated heterocycles. The molecule has 6 nitrogen and oxygen atoms in total. The maximum atomic E-state index is 13.6. The molecule has 0 saturated carbocycles. The molecule has 0 amide bonds. The van der Waals surface area contributed by atoms with Gasteiger partial charge in [0.25, 0.3) is 0 Å². The van der Waals surface area contributed by atoms with Crippen molar-refractivity contribution in [2.45, 2.75) is 129 Å². The zero-order valence-corrected chi connectivity index (χ0v) is 22.2. The minimum absolute atomic E-state index is 0.0325. The lowest BCUT2D eigenvalue weighted by molar-refractivity contribution is -0.169. The Morgan fingerprint density at radius 1 is 0.844 bits per heavy atom. The fraction of sp³-hybridized carbons (Fsp3) is 0.923. The quantitative estimate of drug-likeness (QED) is 0.551. The predicted molar refractivity (Wildman–Crippen MR) is 129 cm³/mol. The van der Waals surface area contributed by atoms with Gasteiger partial charge >= 0.3 is 11.9 Å². The first kappa shape index (κ1) is 27.1. The number of carbonyl (C=O) groups is 2. The second-order valence-corrected chi connectivity index (χ2v) is 12.9. The van der Waals surface area contributed by atoms with Crippen LogP contribution < -0.4 is 0 Å². The Hall–Kier alpha value is -1.14. The van der Waals surface area contributed by atoms with E-state index in [4.69, 9.17) is 9.84 Å². The summed E-state index contributed by atoms with van der Waals surface area (Å²) in [4.78, 5) is 29.5. The molecule has 0 bridgehead atoms. The number of aliphatic carboxylic acids is 1. The number of ether oxygens (including phenoxy) is 1. The second kappa shape index (κ2) is 9.25. The Bertz CT molecular complexity index is 662. The van der Waals surface area contributed by atoms with E-state index in [1.165, 1.54) is 0 Å². The third-order valence-electron chi connectivity index (χ3n) is 8.67. The van der Waals surface area contributed by atoms with Gasteiger partial charge in [-0.05, 0) is 101 Å². The van der Waals surface area contributed by atoms with Crippen LogP contribution in [-0.4, -0.2) is 69.2 Å². The van der Waals surface area contributed by atoms with Crippen molar-refractivity contribution in [2.75, 3.05) is 14.1 Å². The number of carboxylic acid groups (broad SMARTS) is 1. The lowest BCUT2D eigenvalue weighted by Crippen LogP contribution is -2.61. The summed E-state index contributed by atoms with van der Waals surface area (Å²) >= 11 is 0. The van der Waals surface area contributed by atoms with E-state index in [0.29, 0.717) is 12.8 Å². The first-order valence-corrected chi connectivity index (χ1v) is 12.3. The highest BCUT2D eigenvalue weighted by atomic mass is 16.5. The number of esters is 1. The normalized spacial score (nSPS) is 27.1. The lowest BCUT2D eigenvalue weighted by Gasteiger charge is -2.55. The molecular formula is C26H48N2O4. The van der Waals surface area contributed by atoms with E-state index in [-0.39, 0.29) is 52.5 Å². The second-order valence-electron chi connectivity index (χ2n) is 12.9. The Morgan fingerprint density at radius 3 is 1.66 bits per heavy atom. The van der Waals surface area contributed by atoms with Gasteiger partial charge in [-0.25, -0.2) is 0 Å². The maximum Gasteiger partial charge on any atom is 0.309 e. The van der Waals surface area contributed by atoms with Crippen LogP contribution in [0.25, 0.3) is 0 Å². The van der Waals surface area contributed by atoms with Crippen molar-refractivity contribution >= 4 is 11.9 Å². The Balaban J connectivity index is 2.22. The van der Waals surface area contributed by atoms with Gasteiger partial charge in [0.05, 0.1) is 5.92 Å². The number of piperidine rings is 2. The molecule has 2 aliphatic heterocycles. The molecule has 0 aromatic carbocycles. The molecule has 0 aromatic rings. The van der Waals surface area contributed by atoms with E-state index in [9.17, 15) is 9.59 Å². The molecule has 0 spiro atoms. The maximum absolute atomic E-state index is 13.6. The van der Waals surface area contributed by atoms with Crippen molar-refractivity contribution in [1.29, 1.82) is 0 Å². The van der Waals surface area contributed by atoms with Gasteiger partial charge in [0.1, 0.15) is 6.10 Å². The standard InChI is InChI=1S/C26H48N2O4/c1-23(2)14-18(15-24(3,4)27(23)9)20(12-11-13-21(29)30)22(31)32-19-16-25(5,6)28(10)26(7,8)17-19/h18-20H,11-17H2,1-10H3,(H,29,30). The van der Waals surface area contributed by atoms with Crippen LogP contribution in [0.15, 0.2) is 0 Å². The van der Waals surface area contributed by atoms with Crippen molar-refractivity contribution < 1.29 is 19.4 Å². The smallest absolute Gasteiger partial charge is 0.309 e. The largest absolute Gasteiger partial charge is 0.481 e. The first-order valence-electron chi connectivity index (χ1n) is 12.3. The Labute approximate surface area is 196 Å². The number of rotatable bonds is 7. The van der Waals surface area contributed by atoms with E-state index in [0.717, 1.165) is 25.7 Å². The van der Waals surface area contributed by atoms with E-state index in [1.54, 1.807) is 0 Å². The Morgan fingerprint density at radius 2 is 1.25 bits per heavy atom. The van der Waals surface area contributed by atoms with Gasteiger partial charge < -0.3 is 9.84 Å². The molecule has 2 rings (SSSR count). The summed E-state index contributed by atoms with van der Waals surface area (Å²) in [5.41, 5.74) is -0.170. The van der Waals surface area contributed by atoms with E-state index in [2.05, 4.69) is 79.3 Å². The van der Waals surface area contributed by atoms with Crippen LogP contribution in [0.1, 0.15) is 100 Å². The monoisotopic (exact) mass is 452 g/mol. The fourth-order valence-corrected chi connectivity index (χ4v) is 6.37. The molecule has 1 unspecified atom stereocenters. The van der Waals surface area contributed by atoms with Crippen LogP contribution in [0.3, 0.4) is 0 Å². The molecule has 2 fully saturated rings. The molecule has 1 N–H and O–H groups in total. The average Bonchev–Trinajstić information content (AvgIpc) is 2.59. The van der Waals surface area contributed by atoms with Crippen LogP contribution in [0.5, 0.6) is 0 Å². The van der Waals surface area contributed by atoms with Crippen LogP contribution >= 0.6 is 0 Å². The average molecular weight is 453 g/mol. The van der Waals surface area contributed by atoms with Crippen LogP contribution in [0.4, 0.5) is 0 Å². The van der Waals surface area contributed by atoms with Gasteiger partial charge in [-0.3, -0.25) is 19.4 Å². The minimum Gasteiger partial charge on any atom is -0.481 e. The SMILES string of the molecule is CN1C(C)(C)CC(OC(=O)C(CCCC(=O)O)C2CC(C)(C)N(C)C(C)(C)C2)CC1(C)C. The molecule has 6 heteroatoms. The summed E-state index contributed by atoms with van der Waals surface area (Å²) in [5, 5.41) is 9.15. The highest BCUT2D eigenvalue weighted by molar-refractivity contribution is 5.73. The molecule has 2 heterocycles. The van der Waals surface area contributed by atoms with Crippen LogP contribution in [0.2, 0.25) is 0 Å². The molecule has 0 radical (unpaired) electrons. The number of likely N-dealkylation sites (tertiary alicyclic amines) is 2. The van der Waals surface area contributed by atoms with Gasteiger partial charge in [-0.2, -0.15) is 0 Å². The van der Waals surface area contributed by atoms with Crippen molar-refractivity contribution in [3.8, 4) is 0 Å². The first-order chi connectivity index (χ1) is 14.4. The molecule has 0 aliphatic carbocycles. The molecule has 2 aliphatic rings. The summed E-state index contributed by atoms with van der Waals surface area (Å²) in [6.45, 7) is 17.8. The van der Waals surface area contributed by atoms with E-state index in [1.807, 2.05) is 0 Å². The van der Waals surface area contributed by atoms with Crippen molar-refractivity contribution in [1.82, 2.24) is 9.80 Å². The molecule has 186 valence electrons. The van der Waals surface area contributed by atoms with E-state index < -0.39 is 5.97 Å². The summed E-state index contributed by atoms with van der Waals surface area (Å²) in [6, 6.07) is 0. The molecular weight excluding hydrogens is 404 g/mol. The highest BCUT2D eigenvalue weighted by Crippen LogP contribution is 2.45. The number of hydrogen-bond donors (Lipinski definition) is 1. The van der Waals surface area contributed by atoms with Crippen molar-refractivity contribution in [3.63, 3.8) is 0 Å². The number of nitrogens with zero attached hydrogens (tertiary/aromatic N) is 2. The van der Waals surface area contributed by atoms with Crippen molar-refractivity contribution in [3.05, 3.63) is 0 Å². The number of carboxylic acids is 1. The fourth-order valence-electron chi connectivity index (χ4n) is 6.37. The minimum atomic E-state index is -0.806. The summed E-state index contributed by atoms with van der Waals surface area (Å²) < 4.78 is 6.22. The van der Waals surface area contributed by atoms with Gasteiger partial charge in [0.15, 0.2) is 0 Å². The zero-order chi connectivity index (χ0) is 24.7. The molecule has 32 heavy (non-hydrogen) atoms. The highest BCUT2D eigenvalue weighted by Gasteiger charge is 2.48. The third kappa shape index (κ3) is 6.05. The van der Waals surface area contributed by atoms with Crippen molar-refractivity contribution in [2.24, 2.45) is 11.8 Å². The topological polar surface area (TPSA) is 70.1 Å².